The van der Waals surface area contributed by atoms with Gasteiger partial charge in [-0.1, -0.05) is 0 Å². The van der Waals surface area contributed by atoms with E-state index in [-0.39, 0.29) is 5.91 Å². The lowest BCUT2D eigenvalue weighted by Gasteiger charge is -2.15. The molecule has 0 saturated carbocycles. The van der Waals surface area contributed by atoms with Gasteiger partial charge in [-0.3, -0.25) is 19.7 Å². The number of H-pyrrole nitrogens is 1. The highest BCUT2D eigenvalue weighted by Crippen LogP contribution is 2.24. The second kappa shape index (κ2) is 4.06. The van der Waals surface area contributed by atoms with Crippen LogP contribution in [0.5, 0.6) is 0 Å². The molecule has 0 spiro atoms. The number of carbonyl (C=O) groups excluding carboxylic acids is 2. The molecule has 0 unspecified atom stereocenters. The van der Waals surface area contributed by atoms with Crippen LogP contribution in [0.25, 0.3) is 0 Å². The summed E-state index contributed by atoms with van der Waals surface area (Å²) in [7, 11) is 0. The zero-order valence-corrected chi connectivity index (χ0v) is 9.46. The van der Waals surface area contributed by atoms with E-state index in [4.69, 9.17) is 0 Å². The Kier molecular flexibility index (Phi) is 2.40. The van der Waals surface area contributed by atoms with Crippen molar-refractivity contribution in [2.24, 2.45) is 0 Å². The van der Waals surface area contributed by atoms with E-state index < -0.39 is 0 Å². The summed E-state index contributed by atoms with van der Waals surface area (Å²) >= 11 is 0. The minimum atomic E-state index is -0.0930. The number of hydrogen-bond donors (Lipinski definition) is 1. The number of aldehydes is 1. The van der Waals surface area contributed by atoms with Gasteiger partial charge < -0.3 is 4.90 Å². The smallest absolute Gasteiger partial charge is 0.256 e. The normalized spacial score (nSPS) is 13.4. The fraction of sp³-hybridized carbons (Fsp3) is 0.167. The Bertz CT molecular complexity index is 606. The number of nitrogens with one attached hydrogen (secondary N) is 1. The number of rotatable bonds is 2. The maximum absolute atomic E-state index is 12.2. The molecule has 0 aromatic carbocycles. The maximum Gasteiger partial charge on any atom is 0.256 e. The summed E-state index contributed by atoms with van der Waals surface area (Å²) in [6, 6.07) is 3.45. The van der Waals surface area contributed by atoms with Gasteiger partial charge in [0, 0.05) is 18.0 Å². The van der Waals surface area contributed by atoms with Gasteiger partial charge in [-0.2, -0.15) is 5.10 Å². The van der Waals surface area contributed by atoms with Crippen molar-refractivity contribution in [1.29, 1.82) is 0 Å². The van der Waals surface area contributed by atoms with E-state index in [2.05, 4.69) is 15.2 Å². The van der Waals surface area contributed by atoms with Crippen LogP contribution in [0.1, 0.15) is 32.1 Å². The summed E-state index contributed by atoms with van der Waals surface area (Å²) in [5.74, 6) is -0.0930. The first-order valence-corrected chi connectivity index (χ1v) is 5.50. The third-order valence-electron chi connectivity index (χ3n) is 2.99. The van der Waals surface area contributed by atoms with Crippen LogP contribution in [-0.2, 0) is 13.1 Å². The first kappa shape index (κ1) is 10.6. The molecule has 1 aliphatic rings. The minimum absolute atomic E-state index is 0.0930. The van der Waals surface area contributed by atoms with Crippen molar-refractivity contribution in [2.75, 3.05) is 0 Å². The van der Waals surface area contributed by atoms with Gasteiger partial charge in [0.25, 0.3) is 5.91 Å². The van der Waals surface area contributed by atoms with E-state index in [1.165, 1.54) is 6.20 Å². The third-order valence-corrected chi connectivity index (χ3v) is 2.99. The number of pyridine rings is 1. The highest BCUT2D eigenvalue weighted by Gasteiger charge is 2.28. The number of carbonyl (C=O) groups is 2. The lowest BCUT2D eigenvalue weighted by molar-refractivity contribution is 0.0748. The molecule has 1 N–H and O–H groups in total. The van der Waals surface area contributed by atoms with Gasteiger partial charge in [0.2, 0.25) is 0 Å². The summed E-state index contributed by atoms with van der Waals surface area (Å²) in [5, 5.41) is 6.66. The molecule has 1 amide bonds. The Morgan fingerprint density at radius 2 is 2.33 bits per heavy atom. The number of aromatic nitrogens is 3. The first-order chi connectivity index (χ1) is 8.79. The molecule has 0 radical (unpaired) electrons. The number of hydrogen-bond acceptors (Lipinski definition) is 4. The average Bonchev–Trinajstić information content (AvgIpc) is 2.98. The Labute approximate surface area is 103 Å². The third kappa shape index (κ3) is 1.58. The molecule has 2 aromatic heterocycles. The van der Waals surface area contributed by atoms with Crippen molar-refractivity contribution in [3.05, 3.63) is 47.0 Å². The van der Waals surface area contributed by atoms with Gasteiger partial charge >= 0.3 is 0 Å². The lowest BCUT2D eigenvalue weighted by Crippen LogP contribution is -2.25. The summed E-state index contributed by atoms with van der Waals surface area (Å²) in [6.07, 6.45) is 3.86. The topological polar surface area (TPSA) is 79.0 Å². The zero-order chi connectivity index (χ0) is 12.5. The van der Waals surface area contributed by atoms with Gasteiger partial charge in [-0.05, 0) is 12.1 Å². The van der Waals surface area contributed by atoms with Crippen LogP contribution in [0.4, 0.5) is 0 Å². The quantitative estimate of drug-likeness (QED) is 0.789. The summed E-state index contributed by atoms with van der Waals surface area (Å²) in [6.45, 7) is 0.859. The molecule has 1 aliphatic heterocycles. The summed E-state index contributed by atoms with van der Waals surface area (Å²) in [5.41, 5.74) is 2.56. The predicted molar refractivity (Wildman–Crippen MR) is 61.8 cm³/mol. The SMILES string of the molecule is O=Cc1n[nH]c2c1CN(C(=O)c1cccnc1)C2. The summed E-state index contributed by atoms with van der Waals surface area (Å²) in [4.78, 5) is 28.5. The van der Waals surface area contributed by atoms with Crippen LogP contribution in [0.2, 0.25) is 0 Å². The molecule has 0 bridgehead atoms. The zero-order valence-electron chi connectivity index (χ0n) is 9.46. The second-order valence-corrected chi connectivity index (χ2v) is 4.09. The van der Waals surface area contributed by atoms with Crippen molar-refractivity contribution in [1.82, 2.24) is 20.1 Å². The summed E-state index contributed by atoms with van der Waals surface area (Å²) < 4.78 is 0. The minimum Gasteiger partial charge on any atom is -0.328 e. The molecule has 3 heterocycles. The largest absolute Gasteiger partial charge is 0.328 e. The maximum atomic E-state index is 12.2. The van der Waals surface area contributed by atoms with Crippen molar-refractivity contribution < 1.29 is 9.59 Å². The molecule has 18 heavy (non-hydrogen) atoms. The Hall–Kier alpha value is -2.50. The molecule has 0 fully saturated rings. The van der Waals surface area contributed by atoms with E-state index in [0.717, 1.165) is 11.3 Å². The average molecular weight is 242 g/mol. The Balaban J connectivity index is 1.84. The van der Waals surface area contributed by atoms with E-state index in [0.29, 0.717) is 30.6 Å². The number of fused-ring (bicyclic) bond motifs is 1. The van der Waals surface area contributed by atoms with E-state index >= 15 is 0 Å². The Morgan fingerprint density at radius 3 is 3.06 bits per heavy atom. The van der Waals surface area contributed by atoms with E-state index in [9.17, 15) is 9.59 Å². The van der Waals surface area contributed by atoms with Crippen molar-refractivity contribution in [3.63, 3.8) is 0 Å². The van der Waals surface area contributed by atoms with Crippen molar-refractivity contribution >= 4 is 12.2 Å². The molecule has 90 valence electrons. The second-order valence-electron chi connectivity index (χ2n) is 4.09. The molecular weight excluding hydrogens is 232 g/mol. The van der Waals surface area contributed by atoms with Crippen LogP contribution in [0, 0.1) is 0 Å². The first-order valence-electron chi connectivity index (χ1n) is 5.50. The van der Waals surface area contributed by atoms with Crippen LogP contribution >= 0.6 is 0 Å². The fourth-order valence-corrected chi connectivity index (χ4v) is 2.08. The van der Waals surface area contributed by atoms with Gasteiger partial charge in [0.15, 0.2) is 6.29 Å². The molecule has 0 aliphatic carbocycles. The fourth-order valence-electron chi connectivity index (χ4n) is 2.08. The number of amides is 1. The predicted octanol–water partition coefficient (Wildman–Crippen LogP) is 0.773. The van der Waals surface area contributed by atoms with E-state index in [1.807, 2.05) is 0 Å². The molecular formula is C12H10N4O2. The van der Waals surface area contributed by atoms with Crippen LogP contribution in [0.15, 0.2) is 24.5 Å². The number of nitrogens with zero attached hydrogens (tertiary/aromatic N) is 3. The highest BCUT2D eigenvalue weighted by atomic mass is 16.2. The van der Waals surface area contributed by atoms with Crippen LogP contribution in [0.3, 0.4) is 0 Å². The van der Waals surface area contributed by atoms with Crippen molar-refractivity contribution in [3.8, 4) is 0 Å². The molecule has 3 rings (SSSR count). The van der Waals surface area contributed by atoms with E-state index in [1.54, 1.807) is 23.2 Å². The molecule has 2 aromatic rings. The van der Waals surface area contributed by atoms with Gasteiger partial charge in [0.1, 0.15) is 5.69 Å². The highest BCUT2D eigenvalue weighted by molar-refractivity contribution is 5.94. The Morgan fingerprint density at radius 1 is 1.44 bits per heavy atom. The van der Waals surface area contributed by atoms with Gasteiger partial charge in [-0.25, -0.2) is 0 Å². The van der Waals surface area contributed by atoms with Gasteiger partial charge in [-0.15, -0.1) is 0 Å². The molecule has 0 saturated heterocycles. The monoisotopic (exact) mass is 242 g/mol. The molecule has 0 atom stereocenters. The molecule has 6 nitrogen and oxygen atoms in total. The van der Waals surface area contributed by atoms with Gasteiger partial charge in [0.05, 0.1) is 24.3 Å². The number of aromatic amines is 1. The standard InChI is InChI=1S/C12H10N4O2/c17-7-11-9-5-16(6-10(9)14-15-11)12(18)8-2-1-3-13-4-8/h1-4,7H,5-6H2,(H,14,15). The van der Waals surface area contributed by atoms with Crippen LogP contribution in [-0.4, -0.2) is 32.3 Å². The van der Waals surface area contributed by atoms with Crippen molar-refractivity contribution in [2.45, 2.75) is 13.1 Å². The lowest BCUT2D eigenvalue weighted by atomic mass is 10.2. The van der Waals surface area contributed by atoms with Crippen LogP contribution < -0.4 is 0 Å². The molecule has 6 heteroatoms.